The van der Waals surface area contributed by atoms with Gasteiger partial charge in [-0.15, -0.1) is 0 Å². The van der Waals surface area contributed by atoms with Crippen LogP contribution in [0.2, 0.25) is 0 Å². The maximum absolute atomic E-state index is 12.3. The van der Waals surface area contributed by atoms with Crippen molar-refractivity contribution in [3.05, 3.63) is 77.7 Å². The van der Waals surface area contributed by atoms with E-state index in [2.05, 4.69) is 20.6 Å². The first-order valence-corrected chi connectivity index (χ1v) is 8.07. The molecule has 0 saturated carbocycles. The summed E-state index contributed by atoms with van der Waals surface area (Å²) in [4.78, 5) is 32.0. The summed E-state index contributed by atoms with van der Waals surface area (Å²) in [6.07, 6.45) is 2.80. The van der Waals surface area contributed by atoms with E-state index in [9.17, 15) is 9.59 Å². The second-order valence-electron chi connectivity index (χ2n) is 5.69. The zero-order chi connectivity index (χ0) is 19.2. The number of carbonyl (C=O) groups is 2. The lowest BCUT2D eigenvalue weighted by Gasteiger charge is -2.07. The van der Waals surface area contributed by atoms with Gasteiger partial charge in [0.2, 0.25) is 0 Å². The molecule has 7 heteroatoms. The summed E-state index contributed by atoms with van der Waals surface area (Å²) in [5.74, 6) is -0.0351. The number of nitrogens with zero attached hydrogens (tertiary/aromatic N) is 3. The third kappa shape index (κ3) is 4.52. The van der Waals surface area contributed by atoms with Crippen LogP contribution in [0.5, 0.6) is 0 Å². The summed E-state index contributed by atoms with van der Waals surface area (Å²) in [6, 6.07) is 15.6. The highest BCUT2D eigenvalue weighted by molar-refractivity contribution is 6.03. The lowest BCUT2D eigenvalue weighted by atomic mass is 10.1. The smallest absolute Gasteiger partial charge is 0.275 e. The van der Waals surface area contributed by atoms with Crippen LogP contribution >= 0.6 is 0 Å². The highest BCUT2D eigenvalue weighted by Gasteiger charge is 2.10. The molecule has 0 spiro atoms. The van der Waals surface area contributed by atoms with Crippen molar-refractivity contribution < 1.29 is 9.59 Å². The second kappa shape index (κ2) is 7.89. The molecule has 0 unspecified atom stereocenters. The van der Waals surface area contributed by atoms with E-state index in [1.165, 1.54) is 19.3 Å². The fraction of sp³-hybridized carbons (Fsp3) is 0.0500. The monoisotopic (exact) mass is 357 g/mol. The quantitative estimate of drug-likeness (QED) is 0.676. The standard InChI is InChI=1S/C20H15N5O2/c1-13(26)15-3-2-4-17(9-15)25-20(27)18-11-23-19(12-22-18)24-16-7-5-14(10-21)6-8-16/h2-9,11-12H,1H3,(H,23,24)(H,25,27). The van der Waals surface area contributed by atoms with E-state index >= 15 is 0 Å². The minimum absolute atomic E-state index is 0.0795. The molecule has 0 bridgehead atoms. The van der Waals surface area contributed by atoms with Crippen LogP contribution in [0, 0.1) is 11.3 Å². The van der Waals surface area contributed by atoms with E-state index in [0.717, 1.165) is 5.69 Å². The van der Waals surface area contributed by atoms with Crippen molar-refractivity contribution in [2.75, 3.05) is 10.6 Å². The number of nitrogens with one attached hydrogen (secondary N) is 2. The minimum Gasteiger partial charge on any atom is -0.339 e. The molecule has 0 fully saturated rings. The van der Waals surface area contributed by atoms with Crippen LogP contribution in [0.15, 0.2) is 60.9 Å². The molecule has 0 aliphatic carbocycles. The molecular weight excluding hydrogens is 342 g/mol. The Labute approximate surface area is 155 Å². The molecule has 132 valence electrons. The van der Waals surface area contributed by atoms with E-state index in [4.69, 9.17) is 5.26 Å². The van der Waals surface area contributed by atoms with Gasteiger partial charge in [0.1, 0.15) is 11.5 Å². The van der Waals surface area contributed by atoms with Crippen LogP contribution in [0.1, 0.15) is 33.3 Å². The van der Waals surface area contributed by atoms with Crippen molar-refractivity contribution in [3.8, 4) is 6.07 Å². The molecule has 1 heterocycles. The van der Waals surface area contributed by atoms with E-state index in [0.29, 0.717) is 22.6 Å². The lowest BCUT2D eigenvalue weighted by molar-refractivity contribution is 0.100. The maximum Gasteiger partial charge on any atom is 0.275 e. The Hall–Kier alpha value is -4.05. The summed E-state index contributed by atoms with van der Waals surface area (Å²) < 4.78 is 0. The van der Waals surface area contributed by atoms with Gasteiger partial charge in [0, 0.05) is 16.9 Å². The molecule has 3 aromatic rings. The fourth-order valence-electron chi connectivity index (χ4n) is 2.30. The molecule has 1 aromatic heterocycles. The van der Waals surface area contributed by atoms with Crippen LogP contribution < -0.4 is 10.6 Å². The van der Waals surface area contributed by atoms with Gasteiger partial charge in [0.05, 0.1) is 24.0 Å². The van der Waals surface area contributed by atoms with E-state index in [1.54, 1.807) is 48.5 Å². The Morgan fingerprint density at radius 2 is 1.78 bits per heavy atom. The van der Waals surface area contributed by atoms with Crippen molar-refractivity contribution in [2.24, 2.45) is 0 Å². The number of carbonyl (C=O) groups excluding carboxylic acids is 2. The molecule has 0 aliphatic heterocycles. The van der Waals surface area contributed by atoms with E-state index in [-0.39, 0.29) is 11.5 Å². The first kappa shape index (κ1) is 17.8. The maximum atomic E-state index is 12.3. The number of anilines is 3. The Morgan fingerprint density at radius 3 is 2.41 bits per heavy atom. The predicted octanol–water partition coefficient (Wildman–Crippen LogP) is 3.55. The van der Waals surface area contributed by atoms with Crippen LogP contribution in [0.4, 0.5) is 17.2 Å². The number of hydrogen-bond donors (Lipinski definition) is 2. The summed E-state index contributed by atoms with van der Waals surface area (Å²) in [6.45, 7) is 1.46. The normalized spacial score (nSPS) is 9.93. The third-order valence-corrected chi connectivity index (χ3v) is 3.70. The van der Waals surface area contributed by atoms with Gasteiger partial charge >= 0.3 is 0 Å². The number of nitriles is 1. The molecule has 0 saturated heterocycles. The number of benzene rings is 2. The average Bonchev–Trinajstić information content (AvgIpc) is 2.69. The minimum atomic E-state index is -0.423. The first-order chi connectivity index (χ1) is 13.0. The fourth-order valence-corrected chi connectivity index (χ4v) is 2.30. The molecule has 0 atom stereocenters. The topological polar surface area (TPSA) is 108 Å². The molecule has 0 radical (unpaired) electrons. The SMILES string of the molecule is CC(=O)c1cccc(NC(=O)c2cnc(Nc3ccc(C#N)cc3)cn2)c1. The number of Topliss-reactive ketones (excluding diaryl/α,β-unsaturated/α-hetero) is 1. The zero-order valence-corrected chi connectivity index (χ0v) is 14.4. The number of ketones is 1. The van der Waals surface area contributed by atoms with Gasteiger partial charge in [-0.3, -0.25) is 9.59 Å². The van der Waals surface area contributed by atoms with Crippen molar-refractivity contribution in [1.29, 1.82) is 5.26 Å². The Bertz CT molecular complexity index is 1020. The largest absolute Gasteiger partial charge is 0.339 e. The second-order valence-corrected chi connectivity index (χ2v) is 5.69. The molecule has 0 aliphatic rings. The summed E-state index contributed by atoms with van der Waals surface area (Å²) in [7, 11) is 0. The number of amides is 1. The zero-order valence-electron chi connectivity index (χ0n) is 14.4. The Balaban J connectivity index is 1.67. The molecule has 2 N–H and O–H groups in total. The Kier molecular flexibility index (Phi) is 5.19. The average molecular weight is 357 g/mol. The molecule has 1 amide bonds. The van der Waals surface area contributed by atoms with Crippen molar-refractivity contribution in [2.45, 2.75) is 6.92 Å². The summed E-state index contributed by atoms with van der Waals surface area (Å²) >= 11 is 0. The van der Waals surface area contributed by atoms with Gasteiger partial charge in [0.25, 0.3) is 5.91 Å². The molecule has 7 nitrogen and oxygen atoms in total. The van der Waals surface area contributed by atoms with Crippen molar-refractivity contribution in [1.82, 2.24) is 9.97 Å². The van der Waals surface area contributed by atoms with Gasteiger partial charge in [-0.25, -0.2) is 9.97 Å². The molecule has 2 aromatic carbocycles. The van der Waals surface area contributed by atoms with Gasteiger partial charge < -0.3 is 10.6 Å². The van der Waals surface area contributed by atoms with Crippen molar-refractivity contribution in [3.63, 3.8) is 0 Å². The van der Waals surface area contributed by atoms with Crippen molar-refractivity contribution >= 4 is 28.9 Å². The van der Waals surface area contributed by atoms with E-state index < -0.39 is 5.91 Å². The summed E-state index contributed by atoms with van der Waals surface area (Å²) in [5, 5.41) is 14.5. The molecule has 27 heavy (non-hydrogen) atoms. The molecule has 3 rings (SSSR count). The number of hydrogen-bond acceptors (Lipinski definition) is 6. The van der Waals surface area contributed by atoms with Gasteiger partial charge in [-0.05, 0) is 43.3 Å². The number of rotatable bonds is 5. The summed E-state index contributed by atoms with van der Waals surface area (Å²) in [5.41, 5.74) is 2.48. The van der Waals surface area contributed by atoms with Crippen LogP contribution in [-0.2, 0) is 0 Å². The van der Waals surface area contributed by atoms with Crippen LogP contribution in [-0.4, -0.2) is 21.7 Å². The van der Waals surface area contributed by atoms with Gasteiger partial charge in [0.15, 0.2) is 5.78 Å². The highest BCUT2D eigenvalue weighted by Crippen LogP contribution is 2.15. The predicted molar refractivity (Wildman–Crippen MR) is 101 cm³/mol. The third-order valence-electron chi connectivity index (χ3n) is 3.70. The van der Waals surface area contributed by atoms with Gasteiger partial charge in [-0.1, -0.05) is 12.1 Å². The highest BCUT2D eigenvalue weighted by atomic mass is 16.2. The lowest BCUT2D eigenvalue weighted by Crippen LogP contribution is -2.14. The Morgan fingerprint density at radius 1 is 1.00 bits per heavy atom. The molecular formula is C20H15N5O2. The first-order valence-electron chi connectivity index (χ1n) is 8.07. The van der Waals surface area contributed by atoms with Gasteiger partial charge in [-0.2, -0.15) is 5.26 Å². The van der Waals surface area contributed by atoms with Crippen LogP contribution in [0.25, 0.3) is 0 Å². The van der Waals surface area contributed by atoms with E-state index in [1.807, 2.05) is 6.07 Å². The number of aromatic nitrogens is 2. The van der Waals surface area contributed by atoms with Crippen LogP contribution in [0.3, 0.4) is 0 Å².